The largest absolute Gasteiger partial charge is 0.507 e. The molecule has 190 valence electrons. The van der Waals surface area contributed by atoms with Crippen molar-refractivity contribution < 1.29 is 14.6 Å². The van der Waals surface area contributed by atoms with E-state index in [2.05, 4.69) is 48.3 Å². The van der Waals surface area contributed by atoms with Crippen LogP contribution in [0, 0.1) is 20.8 Å². The van der Waals surface area contributed by atoms with Gasteiger partial charge in [-0.3, -0.25) is 9.89 Å². The normalized spacial score (nSPS) is 14.8. The molecule has 0 saturated heterocycles. The van der Waals surface area contributed by atoms with Crippen LogP contribution in [0.1, 0.15) is 69.7 Å². The molecule has 6 heteroatoms. The monoisotopic (exact) mass is 495 g/mol. The van der Waals surface area contributed by atoms with Gasteiger partial charge in [0.1, 0.15) is 22.9 Å². The zero-order valence-electron chi connectivity index (χ0n) is 21.8. The van der Waals surface area contributed by atoms with Crippen LogP contribution in [0.25, 0.3) is 11.3 Å². The van der Waals surface area contributed by atoms with E-state index in [0.717, 1.165) is 46.4 Å². The predicted octanol–water partition coefficient (Wildman–Crippen LogP) is 6.63. The number of hydrogen-bond acceptors (Lipinski definition) is 4. The van der Waals surface area contributed by atoms with Crippen LogP contribution in [0.5, 0.6) is 11.5 Å². The summed E-state index contributed by atoms with van der Waals surface area (Å²) in [5.41, 5.74) is 7.48. The number of nitrogens with zero attached hydrogens (tertiary/aromatic N) is 2. The Morgan fingerprint density at radius 3 is 2.43 bits per heavy atom. The number of amides is 1. The Labute approximate surface area is 217 Å². The van der Waals surface area contributed by atoms with E-state index in [1.165, 1.54) is 5.56 Å². The molecule has 1 amide bonds. The van der Waals surface area contributed by atoms with Crippen molar-refractivity contribution in [1.82, 2.24) is 15.1 Å². The molecule has 0 aliphatic carbocycles. The molecule has 2 heterocycles. The minimum atomic E-state index is -0.359. The molecule has 1 aliphatic heterocycles. The number of aromatic amines is 1. The van der Waals surface area contributed by atoms with Gasteiger partial charge < -0.3 is 14.7 Å². The Kier molecular flexibility index (Phi) is 6.74. The number of aromatic hydroxyl groups is 1. The third-order valence-electron chi connectivity index (χ3n) is 7.00. The summed E-state index contributed by atoms with van der Waals surface area (Å²) in [5, 5.41) is 18.5. The van der Waals surface area contributed by atoms with E-state index in [9.17, 15) is 9.90 Å². The summed E-state index contributed by atoms with van der Waals surface area (Å²) in [6, 6.07) is 19.7. The maximum absolute atomic E-state index is 13.7. The third kappa shape index (κ3) is 4.71. The first kappa shape index (κ1) is 24.6. The van der Waals surface area contributed by atoms with Gasteiger partial charge in [-0.1, -0.05) is 61.4 Å². The van der Waals surface area contributed by atoms with Crippen molar-refractivity contribution in [2.45, 2.75) is 53.1 Å². The number of aryl methyl sites for hydroxylation is 3. The number of ether oxygens (including phenoxy) is 1. The fourth-order valence-electron chi connectivity index (χ4n) is 5.02. The number of rotatable bonds is 8. The molecular weight excluding hydrogens is 462 g/mol. The maximum Gasteiger partial charge on any atom is 0.273 e. The topological polar surface area (TPSA) is 78.5 Å². The lowest BCUT2D eigenvalue weighted by molar-refractivity contribution is 0.0730. The molecule has 0 radical (unpaired) electrons. The summed E-state index contributed by atoms with van der Waals surface area (Å²) in [4.78, 5) is 15.6. The second kappa shape index (κ2) is 10.1. The van der Waals surface area contributed by atoms with Crippen molar-refractivity contribution >= 4 is 5.91 Å². The first-order valence-electron chi connectivity index (χ1n) is 12.9. The van der Waals surface area contributed by atoms with Crippen molar-refractivity contribution in [3.63, 3.8) is 0 Å². The molecule has 0 bridgehead atoms. The number of hydrogen-bond donors (Lipinski definition) is 2. The zero-order chi connectivity index (χ0) is 26.1. The Hall–Kier alpha value is -4.06. The number of H-pyrrole nitrogens is 1. The Balaban J connectivity index is 1.60. The lowest BCUT2D eigenvalue weighted by Crippen LogP contribution is -2.29. The van der Waals surface area contributed by atoms with E-state index >= 15 is 0 Å². The van der Waals surface area contributed by atoms with Gasteiger partial charge in [0.25, 0.3) is 5.91 Å². The van der Waals surface area contributed by atoms with E-state index in [0.29, 0.717) is 30.1 Å². The fraction of sp³-hybridized carbons (Fsp3) is 0.290. The number of fused-ring (bicyclic) bond motifs is 1. The Morgan fingerprint density at radius 2 is 1.73 bits per heavy atom. The number of carbonyl (C=O) groups is 1. The lowest BCUT2D eigenvalue weighted by atomic mass is 9.94. The van der Waals surface area contributed by atoms with Crippen molar-refractivity contribution in [2.75, 3.05) is 6.61 Å². The average molecular weight is 496 g/mol. The van der Waals surface area contributed by atoms with Gasteiger partial charge in [-0.2, -0.15) is 5.10 Å². The van der Waals surface area contributed by atoms with Crippen LogP contribution in [0.15, 0.2) is 60.7 Å². The first-order chi connectivity index (χ1) is 17.9. The Bertz CT molecular complexity index is 1420. The van der Waals surface area contributed by atoms with E-state index in [1.807, 2.05) is 55.1 Å². The number of carbonyl (C=O) groups excluding carboxylic acids is 1. The van der Waals surface area contributed by atoms with Crippen LogP contribution in [-0.2, 0) is 6.54 Å². The quantitative estimate of drug-likeness (QED) is 0.269. The molecule has 6 nitrogen and oxygen atoms in total. The standard InChI is InChI=1S/C31H33N3O3/c1-5-6-15-37-24-13-11-23(12-14-24)29-26-27(25-17-20(3)16-21(4)30(25)35)32-33-28(26)31(36)34(29)18-22-9-7-19(2)8-10-22/h7-14,16-17,29,35H,5-6,15,18H2,1-4H3,(H,32,33). The molecule has 0 fully saturated rings. The summed E-state index contributed by atoms with van der Waals surface area (Å²) in [7, 11) is 0. The highest BCUT2D eigenvalue weighted by atomic mass is 16.5. The Morgan fingerprint density at radius 1 is 1.00 bits per heavy atom. The van der Waals surface area contributed by atoms with Gasteiger partial charge in [0.15, 0.2) is 0 Å². The summed E-state index contributed by atoms with van der Waals surface area (Å²) in [6.45, 7) is 9.20. The molecule has 3 aromatic carbocycles. The van der Waals surface area contributed by atoms with Gasteiger partial charge in [-0.25, -0.2) is 0 Å². The van der Waals surface area contributed by atoms with Crippen LogP contribution in [0.3, 0.4) is 0 Å². The number of unbranched alkanes of at least 4 members (excludes halogenated alkanes) is 1. The van der Waals surface area contributed by atoms with Crippen LogP contribution in [0.4, 0.5) is 0 Å². The minimum absolute atomic E-state index is 0.105. The number of nitrogens with one attached hydrogen (secondary N) is 1. The fourth-order valence-corrected chi connectivity index (χ4v) is 5.02. The average Bonchev–Trinajstić information content (AvgIpc) is 3.42. The predicted molar refractivity (Wildman–Crippen MR) is 145 cm³/mol. The summed E-state index contributed by atoms with van der Waals surface area (Å²) >= 11 is 0. The van der Waals surface area contributed by atoms with E-state index < -0.39 is 0 Å². The molecule has 1 aromatic heterocycles. The van der Waals surface area contributed by atoms with Crippen LogP contribution in [0.2, 0.25) is 0 Å². The highest BCUT2D eigenvalue weighted by Crippen LogP contribution is 2.46. The molecule has 1 atom stereocenters. The molecular formula is C31H33N3O3. The molecule has 0 saturated carbocycles. The van der Waals surface area contributed by atoms with Gasteiger partial charge >= 0.3 is 0 Å². The summed E-state index contributed by atoms with van der Waals surface area (Å²) in [5.74, 6) is 0.889. The van der Waals surface area contributed by atoms with Crippen molar-refractivity contribution in [3.05, 3.63) is 99.7 Å². The molecule has 2 N–H and O–H groups in total. The van der Waals surface area contributed by atoms with Gasteiger partial charge in [0.2, 0.25) is 0 Å². The number of phenolic OH excluding ortho intramolecular Hbond substituents is 1. The van der Waals surface area contributed by atoms with Gasteiger partial charge in [0, 0.05) is 17.7 Å². The third-order valence-corrected chi connectivity index (χ3v) is 7.00. The van der Waals surface area contributed by atoms with Crippen molar-refractivity contribution in [2.24, 2.45) is 0 Å². The zero-order valence-corrected chi connectivity index (χ0v) is 21.8. The molecule has 4 aromatic rings. The highest BCUT2D eigenvalue weighted by molar-refractivity contribution is 6.00. The summed E-state index contributed by atoms with van der Waals surface area (Å²) in [6.07, 6.45) is 2.08. The minimum Gasteiger partial charge on any atom is -0.507 e. The van der Waals surface area contributed by atoms with E-state index in [4.69, 9.17) is 4.74 Å². The molecule has 37 heavy (non-hydrogen) atoms. The molecule has 5 rings (SSSR count). The number of phenols is 1. The van der Waals surface area contributed by atoms with Gasteiger partial charge in [0.05, 0.1) is 12.6 Å². The maximum atomic E-state index is 13.7. The molecule has 1 aliphatic rings. The van der Waals surface area contributed by atoms with E-state index in [1.54, 1.807) is 0 Å². The molecule has 0 spiro atoms. The van der Waals surface area contributed by atoms with Gasteiger partial charge in [-0.05, 0) is 67.6 Å². The van der Waals surface area contributed by atoms with E-state index in [-0.39, 0.29) is 17.7 Å². The number of benzene rings is 3. The number of aromatic nitrogens is 2. The second-order valence-electron chi connectivity index (χ2n) is 9.93. The lowest BCUT2D eigenvalue weighted by Gasteiger charge is -2.27. The first-order valence-corrected chi connectivity index (χ1v) is 12.9. The SMILES string of the molecule is CCCCOc1ccc(C2c3c(-c4cc(C)cc(C)c4O)n[nH]c3C(=O)N2Cc2ccc(C)cc2)cc1. The highest BCUT2D eigenvalue weighted by Gasteiger charge is 2.42. The second-order valence-corrected chi connectivity index (χ2v) is 9.93. The van der Waals surface area contributed by atoms with Crippen LogP contribution < -0.4 is 4.74 Å². The van der Waals surface area contributed by atoms with Gasteiger partial charge in [-0.15, -0.1) is 0 Å². The molecule has 1 unspecified atom stereocenters. The van der Waals surface area contributed by atoms with Crippen LogP contribution >= 0.6 is 0 Å². The van der Waals surface area contributed by atoms with Crippen molar-refractivity contribution in [1.29, 1.82) is 0 Å². The summed E-state index contributed by atoms with van der Waals surface area (Å²) < 4.78 is 5.88. The van der Waals surface area contributed by atoms with Crippen LogP contribution in [-0.4, -0.2) is 32.7 Å². The van der Waals surface area contributed by atoms with Crippen molar-refractivity contribution in [3.8, 4) is 22.8 Å². The smallest absolute Gasteiger partial charge is 0.273 e.